The van der Waals surface area contributed by atoms with Gasteiger partial charge < -0.3 is 4.74 Å². The van der Waals surface area contributed by atoms with Crippen LogP contribution in [0.15, 0.2) is 66.7 Å². The number of aryl methyl sites for hydroxylation is 2. The minimum Gasteiger partial charge on any atom is -0.497 e. The fourth-order valence-corrected chi connectivity index (χ4v) is 4.88. The summed E-state index contributed by atoms with van der Waals surface area (Å²) in [5.41, 5.74) is 3.80. The Morgan fingerprint density at radius 3 is 2.37 bits per heavy atom. The van der Waals surface area contributed by atoms with Crippen LogP contribution in [-0.2, 0) is 0 Å². The molecule has 1 aliphatic heterocycles. The van der Waals surface area contributed by atoms with Crippen molar-refractivity contribution < 1.29 is 19.1 Å². The third kappa shape index (κ3) is 3.98. The standard InChI is InChI=1S/C27H21N3O4S/c1-15-6-4-5-7-22(15)30-25(32)20-13-10-18(14-21(20)26(30)33)24(31)29-27-28-23(16(2)35-27)17-8-11-19(34-3)12-9-17/h4-14H,1-3H3,(H,28,29,31). The lowest BCUT2D eigenvalue weighted by molar-refractivity contribution is 0.0925. The topological polar surface area (TPSA) is 88.6 Å². The van der Waals surface area contributed by atoms with Crippen molar-refractivity contribution in [2.45, 2.75) is 13.8 Å². The lowest BCUT2D eigenvalue weighted by atomic mass is 10.1. The van der Waals surface area contributed by atoms with E-state index in [0.717, 1.165) is 32.3 Å². The second-order valence-corrected chi connectivity index (χ2v) is 9.30. The highest BCUT2D eigenvalue weighted by molar-refractivity contribution is 7.16. The quantitative estimate of drug-likeness (QED) is 0.379. The van der Waals surface area contributed by atoms with Gasteiger partial charge in [-0.25, -0.2) is 9.88 Å². The number of ether oxygens (including phenoxy) is 1. The van der Waals surface area contributed by atoms with E-state index in [4.69, 9.17) is 4.74 Å². The molecule has 0 saturated carbocycles. The highest BCUT2D eigenvalue weighted by Crippen LogP contribution is 2.33. The van der Waals surface area contributed by atoms with Crippen LogP contribution in [0.25, 0.3) is 11.3 Å². The molecule has 1 aliphatic rings. The molecule has 3 aromatic carbocycles. The largest absolute Gasteiger partial charge is 0.497 e. The van der Waals surface area contributed by atoms with Crippen LogP contribution in [0.1, 0.15) is 41.5 Å². The first-order valence-electron chi connectivity index (χ1n) is 10.9. The molecule has 0 atom stereocenters. The number of thiazole rings is 1. The van der Waals surface area contributed by atoms with Gasteiger partial charge in [0.1, 0.15) is 5.75 Å². The predicted molar refractivity (Wildman–Crippen MR) is 136 cm³/mol. The van der Waals surface area contributed by atoms with Gasteiger partial charge in [0.2, 0.25) is 0 Å². The third-order valence-electron chi connectivity index (χ3n) is 5.89. The van der Waals surface area contributed by atoms with Crippen molar-refractivity contribution in [1.82, 2.24) is 4.98 Å². The summed E-state index contributed by atoms with van der Waals surface area (Å²) >= 11 is 1.36. The number of carbonyl (C=O) groups is 3. The van der Waals surface area contributed by atoms with Gasteiger partial charge in [-0.15, -0.1) is 11.3 Å². The Bertz CT molecular complexity index is 1490. The van der Waals surface area contributed by atoms with Gasteiger partial charge in [-0.05, 0) is 67.9 Å². The van der Waals surface area contributed by atoms with Crippen molar-refractivity contribution in [2.24, 2.45) is 0 Å². The summed E-state index contributed by atoms with van der Waals surface area (Å²) < 4.78 is 5.20. The molecule has 5 rings (SSSR count). The van der Waals surface area contributed by atoms with Crippen molar-refractivity contribution in [3.8, 4) is 17.0 Å². The molecule has 0 aliphatic carbocycles. The molecule has 0 bridgehead atoms. The average molecular weight is 484 g/mol. The molecule has 1 N–H and O–H groups in total. The Hall–Kier alpha value is -4.30. The number of fused-ring (bicyclic) bond motifs is 1. The van der Waals surface area contributed by atoms with E-state index in [1.165, 1.54) is 23.5 Å². The number of amides is 3. The zero-order valence-corrected chi connectivity index (χ0v) is 20.1. The van der Waals surface area contributed by atoms with Crippen molar-refractivity contribution in [2.75, 3.05) is 17.3 Å². The molecule has 8 heteroatoms. The molecule has 174 valence electrons. The van der Waals surface area contributed by atoms with Crippen LogP contribution in [0.5, 0.6) is 5.75 Å². The number of imide groups is 1. The SMILES string of the molecule is COc1ccc(-c2nc(NC(=O)c3ccc4c(c3)C(=O)N(c3ccccc3C)C4=O)sc2C)cc1. The first-order valence-corrected chi connectivity index (χ1v) is 11.7. The van der Waals surface area contributed by atoms with Crippen LogP contribution < -0.4 is 15.0 Å². The second kappa shape index (κ2) is 8.81. The minimum atomic E-state index is -0.444. The van der Waals surface area contributed by atoms with Gasteiger partial charge >= 0.3 is 0 Å². The molecule has 0 spiro atoms. The number of carbonyl (C=O) groups excluding carboxylic acids is 3. The second-order valence-electron chi connectivity index (χ2n) is 8.10. The molecule has 7 nitrogen and oxygen atoms in total. The van der Waals surface area contributed by atoms with Gasteiger partial charge in [0, 0.05) is 16.0 Å². The lowest BCUT2D eigenvalue weighted by Gasteiger charge is -2.16. The molecule has 4 aromatic rings. The number of para-hydroxylation sites is 1. The number of nitrogens with zero attached hydrogens (tertiary/aromatic N) is 2. The van der Waals surface area contributed by atoms with Crippen molar-refractivity contribution in [3.05, 3.63) is 93.9 Å². The monoisotopic (exact) mass is 483 g/mol. The Morgan fingerprint density at radius 1 is 0.943 bits per heavy atom. The van der Waals surface area contributed by atoms with Crippen molar-refractivity contribution >= 4 is 39.9 Å². The summed E-state index contributed by atoms with van der Waals surface area (Å²) in [4.78, 5) is 45.7. The van der Waals surface area contributed by atoms with Crippen molar-refractivity contribution in [3.63, 3.8) is 0 Å². The number of nitrogens with one attached hydrogen (secondary N) is 1. The molecule has 2 heterocycles. The smallest absolute Gasteiger partial charge is 0.266 e. The third-order valence-corrected chi connectivity index (χ3v) is 6.77. The predicted octanol–water partition coefficient (Wildman–Crippen LogP) is 5.49. The number of hydrogen-bond donors (Lipinski definition) is 1. The van der Waals surface area contributed by atoms with Crippen LogP contribution in [0, 0.1) is 13.8 Å². The number of methoxy groups -OCH3 is 1. The van der Waals surface area contributed by atoms with Crippen LogP contribution >= 0.6 is 11.3 Å². The maximum Gasteiger partial charge on any atom is 0.266 e. The average Bonchev–Trinajstić information content (AvgIpc) is 3.35. The number of anilines is 2. The lowest BCUT2D eigenvalue weighted by Crippen LogP contribution is -2.29. The van der Waals surface area contributed by atoms with E-state index < -0.39 is 17.7 Å². The Labute approximate surface area is 206 Å². The molecule has 0 fully saturated rings. The van der Waals surface area contributed by atoms with Gasteiger partial charge in [-0.2, -0.15) is 0 Å². The van der Waals surface area contributed by atoms with E-state index in [9.17, 15) is 14.4 Å². The summed E-state index contributed by atoms with van der Waals surface area (Å²) in [6, 6.07) is 19.3. The minimum absolute atomic E-state index is 0.208. The van der Waals surface area contributed by atoms with Gasteiger partial charge in [-0.1, -0.05) is 18.2 Å². The van der Waals surface area contributed by atoms with E-state index >= 15 is 0 Å². The summed E-state index contributed by atoms with van der Waals surface area (Å²) in [6.45, 7) is 3.78. The molecular weight excluding hydrogens is 462 g/mol. The molecule has 0 saturated heterocycles. The highest BCUT2D eigenvalue weighted by Gasteiger charge is 2.37. The number of aromatic nitrogens is 1. The number of hydrogen-bond acceptors (Lipinski definition) is 6. The molecule has 35 heavy (non-hydrogen) atoms. The maximum absolute atomic E-state index is 13.1. The van der Waals surface area contributed by atoms with Gasteiger partial charge in [-0.3, -0.25) is 19.7 Å². The van der Waals surface area contributed by atoms with Crippen LogP contribution in [0.4, 0.5) is 10.8 Å². The number of rotatable bonds is 5. The number of benzene rings is 3. The van der Waals surface area contributed by atoms with Gasteiger partial charge in [0.25, 0.3) is 17.7 Å². The fraction of sp³-hybridized carbons (Fsp3) is 0.111. The van der Waals surface area contributed by atoms with E-state index in [2.05, 4.69) is 10.3 Å². The Kier molecular flexibility index (Phi) is 5.66. The molecule has 0 radical (unpaired) electrons. The Balaban J connectivity index is 1.39. The van der Waals surface area contributed by atoms with E-state index in [1.54, 1.807) is 25.3 Å². The Morgan fingerprint density at radius 2 is 1.66 bits per heavy atom. The van der Waals surface area contributed by atoms with Crippen LogP contribution in [-0.4, -0.2) is 29.8 Å². The summed E-state index contributed by atoms with van der Waals surface area (Å²) in [5.74, 6) is -0.495. The van der Waals surface area contributed by atoms with E-state index in [1.807, 2.05) is 50.2 Å². The first kappa shape index (κ1) is 22.5. The zero-order valence-electron chi connectivity index (χ0n) is 19.3. The molecule has 1 aromatic heterocycles. The van der Waals surface area contributed by atoms with E-state index in [-0.39, 0.29) is 16.7 Å². The highest BCUT2D eigenvalue weighted by atomic mass is 32.1. The maximum atomic E-state index is 13.1. The molecular formula is C27H21N3O4S. The van der Waals surface area contributed by atoms with Crippen LogP contribution in [0.2, 0.25) is 0 Å². The normalized spacial score (nSPS) is 12.6. The molecule has 0 unspecified atom stereocenters. The van der Waals surface area contributed by atoms with Gasteiger partial charge in [0.15, 0.2) is 5.13 Å². The molecule has 3 amide bonds. The van der Waals surface area contributed by atoms with Crippen LogP contribution in [0.3, 0.4) is 0 Å². The summed E-state index contributed by atoms with van der Waals surface area (Å²) in [6.07, 6.45) is 0. The summed E-state index contributed by atoms with van der Waals surface area (Å²) in [7, 11) is 1.61. The van der Waals surface area contributed by atoms with Gasteiger partial charge in [0.05, 0.1) is 29.6 Å². The van der Waals surface area contributed by atoms with Crippen molar-refractivity contribution in [1.29, 1.82) is 0 Å². The first-order chi connectivity index (χ1) is 16.9. The van der Waals surface area contributed by atoms with E-state index in [0.29, 0.717) is 10.8 Å². The summed E-state index contributed by atoms with van der Waals surface area (Å²) in [5, 5.41) is 3.26. The zero-order chi connectivity index (χ0) is 24.7. The fourth-order valence-electron chi connectivity index (χ4n) is 4.05.